The zero-order valence-electron chi connectivity index (χ0n) is 20.0. The predicted octanol–water partition coefficient (Wildman–Crippen LogP) is 4.87. The number of fused-ring (bicyclic) bond motifs is 2. The largest absolute Gasteiger partial charge is 0.493 e. The number of rotatable bonds is 6. The van der Waals surface area contributed by atoms with Crippen LogP contribution >= 0.6 is 0 Å². The molecule has 7 heteroatoms. The van der Waals surface area contributed by atoms with E-state index >= 15 is 0 Å². The Balaban J connectivity index is 1.65. The van der Waals surface area contributed by atoms with Crippen LogP contribution in [0.1, 0.15) is 40.9 Å². The number of nitrogens with one attached hydrogen (secondary N) is 1. The number of carbonyl (C=O) groups is 2. The molecular weight excluding hydrogens is 444 g/mol. The van der Waals surface area contributed by atoms with Crippen LogP contribution in [0.2, 0.25) is 0 Å². The molecule has 5 rings (SSSR count). The van der Waals surface area contributed by atoms with E-state index in [1.807, 2.05) is 45.0 Å². The SMILES string of the molecule is COc1cc(C2=NO[C@]3(C(=O)Nc4ccccc43)[C@H]2C(=O)c2ccc(C)cc2)ccc1OC(C)C. The lowest BCUT2D eigenvalue weighted by molar-refractivity contribution is -0.140. The molecule has 1 amide bonds. The van der Waals surface area contributed by atoms with Crippen LogP contribution in [0.15, 0.2) is 71.9 Å². The third-order valence-corrected chi connectivity index (χ3v) is 6.30. The first kappa shape index (κ1) is 22.7. The summed E-state index contributed by atoms with van der Waals surface area (Å²) in [6.45, 7) is 5.81. The maximum atomic E-state index is 14.0. The Morgan fingerprint density at radius 3 is 2.51 bits per heavy atom. The molecule has 178 valence electrons. The van der Waals surface area contributed by atoms with Gasteiger partial charge in [0.25, 0.3) is 11.5 Å². The fourth-order valence-corrected chi connectivity index (χ4v) is 4.64. The molecule has 3 aromatic carbocycles. The predicted molar refractivity (Wildman–Crippen MR) is 132 cm³/mol. The van der Waals surface area contributed by atoms with Crippen LogP contribution in [0.5, 0.6) is 11.5 Å². The molecule has 0 bridgehead atoms. The van der Waals surface area contributed by atoms with E-state index in [1.54, 1.807) is 49.6 Å². The second-order valence-electron chi connectivity index (χ2n) is 9.00. The van der Waals surface area contributed by atoms with Gasteiger partial charge in [0.15, 0.2) is 17.3 Å². The van der Waals surface area contributed by atoms with Crippen molar-refractivity contribution in [2.75, 3.05) is 12.4 Å². The quantitative estimate of drug-likeness (QED) is 0.520. The Labute approximate surface area is 203 Å². The summed E-state index contributed by atoms with van der Waals surface area (Å²) < 4.78 is 11.4. The molecule has 2 atom stereocenters. The van der Waals surface area contributed by atoms with E-state index in [-0.39, 0.29) is 11.9 Å². The third-order valence-electron chi connectivity index (χ3n) is 6.30. The maximum absolute atomic E-state index is 14.0. The Hall–Kier alpha value is -4.13. The van der Waals surface area contributed by atoms with Crippen LogP contribution in [0, 0.1) is 12.8 Å². The highest BCUT2D eigenvalue weighted by Crippen LogP contribution is 2.50. The third kappa shape index (κ3) is 3.64. The molecule has 0 unspecified atom stereocenters. The average Bonchev–Trinajstić information content (AvgIpc) is 3.38. The highest BCUT2D eigenvalue weighted by molar-refractivity contribution is 6.24. The second kappa shape index (κ2) is 8.58. The molecule has 0 saturated heterocycles. The van der Waals surface area contributed by atoms with Crippen molar-refractivity contribution in [1.29, 1.82) is 0 Å². The van der Waals surface area contributed by atoms with Crippen molar-refractivity contribution in [2.24, 2.45) is 11.1 Å². The van der Waals surface area contributed by atoms with Gasteiger partial charge in [-0.05, 0) is 45.0 Å². The number of methoxy groups -OCH3 is 1. The van der Waals surface area contributed by atoms with Gasteiger partial charge in [-0.25, -0.2) is 0 Å². The average molecular weight is 471 g/mol. The highest BCUT2D eigenvalue weighted by atomic mass is 16.7. The molecule has 1 spiro atoms. The molecule has 0 aromatic heterocycles. The molecule has 2 heterocycles. The van der Waals surface area contributed by atoms with Crippen molar-refractivity contribution in [3.8, 4) is 11.5 Å². The molecule has 1 N–H and O–H groups in total. The molecule has 35 heavy (non-hydrogen) atoms. The molecule has 0 radical (unpaired) electrons. The van der Waals surface area contributed by atoms with E-state index in [0.29, 0.717) is 39.6 Å². The van der Waals surface area contributed by atoms with Crippen LogP contribution in [-0.2, 0) is 15.2 Å². The Bertz CT molecular complexity index is 1350. The van der Waals surface area contributed by atoms with Gasteiger partial charge < -0.3 is 19.6 Å². The van der Waals surface area contributed by atoms with E-state index in [0.717, 1.165) is 5.56 Å². The number of oxime groups is 1. The van der Waals surface area contributed by atoms with Gasteiger partial charge in [-0.15, -0.1) is 0 Å². The van der Waals surface area contributed by atoms with Gasteiger partial charge in [-0.1, -0.05) is 53.2 Å². The van der Waals surface area contributed by atoms with Crippen LogP contribution < -0.4 is 14.8 Å². The molecule has 3 aromatic rings. The number of hydrogen-bond donors (Lipinski definition) is 1. The number of ketones is 1. The van der Waals surface area contributed by atoms with Crippen LogP contribution in [0.25, 0.3) is 0 Å². The summed E-state index contributed by atoms with van der Waals surface area (Å²) in [6.07, 6.45) is -0.0419. The van der Waals surface area contributed by atoms with Gasteiger partial charge in [0, 0.05) is 22.4 Å². The van der Waals surface area contributed by atoms with Gasteiger partial charge in [0.05, 0.1) is 13.2 Å². The molecular formula is C28H26N2O5. The normalized spacial score (nSPS) is 20.3. The molecule has 2 aliphatic rings. The number of hydrogen-bond acceptors (Lipinski definition) is 6. The van der Waals surface area contributed by atoms with Gasteiger partial charge >= 0.3 is 0 Å². The van der Waals surface area contributed by atoms with E-state index in [2.05, 4.69) is 10.5 Å². The van der Waals surface area contributed by atoms with Crippen LogP contribution in [0.3, 0.4) is 0 Å². The minimum absolute atomic E-state index is 0.0419. The Morgan fingerprint density at radius 2 is 1.80 bits per heavy atom. The molecule has 0 fully saturated rings. The number of benzene rings is 3. The summed E-state index contributed by atoms with van der Waals surface area (Å²) >= 11 is 0. The van der Waals surface area contributed by atoms with E-state index in [4.69, 9.17) is 14.3 Å². The van der Waals surface area contributed by atoms with Gasteiger partial charge in [-0.3, -0.25) is 9.59 Å². The van der Waals surface area contributed by atoms with Crippen molar-refractivity contribution in [1.82, 2.24) is 0 Å². The minimum Gasteiger partial charge on any atom is -0.493 e. The molecule has 7 nitrogen and oxygen atoms in total. The number of nitrogens with zero attached hydrogens (tertiary/aromatic N) is 1. The number of amides is 1. The Kier molecular flexibility index (Phi) is 5.55. The summed E-state index contributed by atoms with van der Waals surface area (Å²) in [5.41, 5.74) is 2.06. The topological polar surface area (TPSA) is 86.2 Å². The highest BCUT2D eigenvalue weighted by Gasteiger charge is 2.63. The first-order valence-electron chi connectivity index (χ1n) is 11.5. The lowest BCUT2D eigenvalue weighted by atomic mass is 9.74. The van der Waals surface area contributed by atoms with Gasteiger partial charge in [-0.2, -0.15) is 0 Å². The van der Waals surface area contributed by atoms with E-state index < -0.39 is 17.4 Å². The van der Waals surface area contributed by atoms with Crippen LogP contribution in [-0.4, -0.2) is 30.6 Å². The maximum Gasteiger partial charge on any atom is 0.277 e. The second-order valence-corrected chi connectivity index (χ2v) is 9.00. The number of Topliss-reactive ketones (excluding diaryl/α,β-unsaturated/α-hetero) is 1. The number of aryl methyl sites for hydroxylation is 1. The first-order valence-corrected chi connectivity index (χ1v) is 11.5. The first-order chi connectivity index (χ1) is 16.8. The summed E-state index contributed by atoms with van der Waals surface area (Å²) in [5.74, 6) is -0.608. The summed E-state index contributed by atoms with van der Waals surface area (Å²) in [5, 5.41) is 7.21. The van der Waals surface area contributed by atoms with Crippen molar-refractivity contribution in [3.05, 3.63) is 89.0 Å². The number of carbonyl (C=O) groups excluding carboxylic acids is 2. The monoisotopic (exact) mass is 470 g/mol. The van der Waals surface area contributed by atoms with Crippen molar-refractivity contribution >= 4 is 23.1 Å². The fourth-order valence-electron chi connectivity index (χ4n) is 4.64. The lowest BCUT2D eigenvalue weighted by Gasteiger charge is -2.27. The number of ether oxygens (including phenoxy) is 2. The van der Waals surface area contributed by atoms with Crippen molar-refractivity contribution in [3.63, 3.8) is 0 Å². The van der Waals surface area contributed by atoms with E-state index in [9.17, 15) is 9.59 Å². The summed E-state index contributed by atoms with van der Waals surface area (Å²) in [7, 11) is 1.55. The van der Waals surface area contributed by atoms with Crippen LogP contribution in [0.4, 0.5) is 5.69 Å². The zero-order chi connectivity index (χ0) is 24.7. The minimum atomic E-state index is -1.60. The van der Waals surface area contributed by atoms with Gasteiger partial charge in [0.1, 0.15) is 11.6 Å². The smallest absolute Gasteiger partial charge is 0.277 e. The molecule has 2 aliphatic heterocycles. The van der Waals surface area contributed by atoms with Crippen molar-refractivity contribution < 1.29 is 23.9 Å². The van der Waals surface area contributed by atoms with Gasteiger partial charge in [0.2, 0.25) is 0 Å². The summed E-state index contributed by atoms with van der Waals surface area (Å²) in [4.78, 5) is 33.4. The number of para-hydroxylation sites is 1. The molecule has 0 aliphatic carbocycles. The number of anilines is 1. The standard InChI is InChI=1S/C28H26N2O5/c1-16(2)34-22-14-13-19(15-23(22)33-4)25-24(26(31)18-11-9-17(3)10-12-18)28(35-30-25)20-7-5-6-8-21(20)29-27(28)32/h5-16,24H,1-4H3,(H,29,32)/t24-,28+/m1/s1. The van der Waals surface area contributed by atoms with E-state index in [1.165, 1.54) is 0 Å². The fraction of sp³-hybridized carbons (Fsp3) is 0.250. The lowest BCUT2D eigenvalue weighted by Crippen LogP contribution is -2.46. The zero-order valence-corrected chi connectivity index (χ0v) is 20.0. The Morgan fingerprint density at radius 1 is 1.06 bits per heavy atom. The van der Waals surface area contributed by atoms with Crippen molar-refractivity contribution in [2.45, 2.75) is 32.5 Å². The molecule has 0 saturated carbocycles. The summed E-state index contributed by atoms with van der Waals surface area (Å²) in [6, 6.07) is 19.8.